The zero-order valence-corrected chi connectivity index (χ0v) is 16.5. The minimum atomic E-state index is -0.902. The number of carbonyl (C=O) groups excluding carboxylic acids is 2. The van der Waals surface area contributed by atoms with E-state index < -0.39 is 29.9 Å². The molecule has 1 aromatic carbocycles. The Morgan fingerprint density at radius 3 is 2.50 bits per heavy atom. The van der Waals surface area contributed by atoms with Gasteiger partial charge in [0.25, 0.3) is 0 Å². The van der Waals surface area contributed by atoms with Crippen molar-refractivity contribution in [2.45, 2.75) is 58.4 Å². The molecule has 2 N–H and O–H groups in total. The van der Waals surface area contributed by atoms with Crippen LogP contribution in [-0.4, -0.2) is 46.5 Å². The van der Waals surface area contributed by atoms with Crippen molar-refractivity contribution in [3.8, 4) is 0 Å². The largest absolute Gasteiger partial charge is 0.481 e. The third-order valence-corrected chi connectivity index (χ3v) is 4.30. The lowest BCUT2D eigenvalue weighted by atomic mass is 9.91. The van der Waals surface area contributed by atoms with Crippen LogP contribution in [0.2, 0.25) is 0 Å². The van der Waals surface area contributed by atoms with Crippen LogP contribution >= 0.6 is 0 Å². The molecule has 1 aliphatic heterocycles. The summed E-state index contributed by atoms with van der Waals surface area (Å²) in [4.78, 5) is 37.2. The highest BCUT2D eigenvalue weighted by molar-refractivity contribution is 5.72. The van der Waals surface area contributed by atoms with Crippen molar-refractivity contribution in [3.05, 3.63) is 35.9 Å². The average Bonchev–Trinajstić information content (AvgIpc) is 2.59. The van der Waals surface area contributed by atoms with Gasteiger partial charge < -0.3 is 19.9 Å². The number of likely N-dealkylation sites (tertiary alicyclic amines) is 1. The van der Waals surface area contributed by atoms with Gasteiger partial charge in [-0.2, -0.15) is 0 Å². The van der Waals surface area contributed by atoms with Crippen LogP contribution in [0.1, 0.15) is 45.6 Å². The maximum Gasteiger partial charge on any atom is 0.411 e. The molecule has 0 aromatic heterocycles. The van der Waals surface area contributed by atoms with Gasteiger partial charge in [0.2, 0.25) is 0 Å². The first-order chi connectivity index (χ1) is 13.1. The van der Waals surface area contributed by atoms with Crippen LogP contribution in [0, 0.1) is 5.92 Å². The number of benzene rings is 1. The standard InChI is InChI=1S/C20H28N2O6/c1-20(2,3)28-19(26)22-10-9-15(12-17(23)24)11-16(22)21-18(25)27-13-14-7-5-4-6-8-14/h4-8,15-16H,9-13H2,1-3H3,(H,21,25)(H,23,24)/t15-,16+/m0/s1. The first-order valence-corrected chi connectivity index (χ1v) is 9.32. The second-order valence-corrected chi connectivity index (χ2v) is 7.88. The van der Waals surface area contributed by atoms with Crippen LogP contribution in [0.3, 0.4) is 0 Å². The SMILES string of the molecule is CC(C)(C)OC(=O)N1CC[C@H](CC(=O)O)C[C@@H]1NC(=O)OCc1ccccc1. The molecule has 1 aliphatic rings. The number of aliphatic carboxylic acids is 1. The number of amides is 2. The summed E-state index contributed by atoms with van der Waals surface area (Å²) in [6, 6.07) is 9.23. The summed E-state index contributed by atoms with van der Waals surface area (Å²) in [6.07, 6.45) is -1.06. The Bertz CT molecular complexity index is 686. The van der Waals surface area contributed by atoms with Gasteiger partial charge in [0.05, 0.1) is 0 Å². The van der Waals surface area contributed by atoms with Crippen molar-refractivity contribution < 1.29 is 29.0 Å². The summed E-state index contributed by atoms with van der Waals surface area (Å²) in [5, 5.41) is 11.7. The molecule has 0 spiro atoms. The maximum atomic E-state index is 12.5. The van der Waals surface area contributed by atoms with Gasteiger partial charge in [0, 0.05) is 13.0 Å². The Kier molecular flexibility index (Phi) is 7.25. The van der Waals surface area contributed by atoms with E-state index in [1.54, 1.807) is 20.8 Å². The normalized spacial score (nSPS) is 19.6. The molecule has 154 valence electrons. The van der Waals surface area contributed by atoms with Crippen LogP contribution in [0.5, 0.6) is 0 Å². The number of carboxylic acid groups (broad SMARTS) is 1. The van der Waals surface area contributed by atoms with Gasteiger partial charge in [-0.1, -0.05) is 30.3 Å². The highest BCUT2D eigenvalue weighted by atomic mass is 16.6. The van der Waals surface area contributed by atoms with Crippen molar-refractivity contribution in [2.75, 3.05) is 6.54 Å². The summed E-state index contributed by atoms with van der Waals surface area (Å²) in [5.41, 5.74) is 0.168. The average molecular weight is 392 g/mol. The fraction of sp³-hybridized carbons (Fsp3) is 0.550. The van der Waals surface area contributed by atoms with Gasteiger partial charge in [-0.05, 0) is 45.1 Å². The summed E-state index contributed by atoms with van der Waals surface area (Å²) >= 11 is 0. The Morgan fingerprint density at radius 2 is 1.89 bits per heavy atom. The van der Waals surface area contributed by atoms with E-state index in [2.05, 4.69) is 5.32 Å². The fourth-order valence-electron chi connectivity index (χ4n) is 3.05. The number of carboxylic acids is 1. The molecule has 8 heteroatoms. The van der Waals surface area contributed by atoms with E-state index in [1.807, 2.05) is 30.3 Å². The fourth-order valence-corrected chi connectivity index (χ4v) is 3.05. The minimum absolute atomic E-state index is 0.0145. The van der Waals surface area contributed by atoms with Crippen molar-refractivity contribution in [3.63, 3.8) is 0 Å². The lowest BCUT2D eigenvalue weighted by Crippen LogP contribution is -2.56. The molecule has 2 atom stereocenters. The molecule has 8 nitrogen and oxygen atoms in total. The van der Waals surface area contributed by atoms with Crippen LogP contribution in [0.15, 0.2) is 30.3 Å². The zero-order chi connectivity index (χ0) is 20.7. The zero-order valence-electron chi connectivity index (χ0n) is 16.5. The number of nitrogens with zero attached hydrogens (tertiary/aromatic N) is 1. The first-order valence-electron chi connectivity index (χ1n) is 9.32. The highest BCUT2D eigenvalue weighted by Crippen LogP contribution is 2.26. The molecule has 1 heterocycles. The summed E-state index contributed by atoms with van der Waals surface area (Å²) in [5.74, 6) is -1.04. The number of hydrogen-bond donors (Lipinski definition) is 2. The molecule has 0 bridgehead atoms. The number of ether oxygens (including phenoxy) is 2. The monoisotopic (exact) mass is 392 g/mol. The van der Waals surface area contributed by atoms with Crippen LogP contribution < -0.4 is 5.32 Å². The topological polar surface area (TPSA) is 105 Å². The van der Waals surface area contributed by atoms with E-state index in [-0.39, 0.29) is 18.9 Å². The van der Waals surface area contributed by atoms with E-state index in [4.69, 9.17) is 14.6 Å². The number of nitrogens with one attached hydrogen (secondary N) is 1. The van der Waals surface area contributed by atoms with Gasteiger partial charge in [0.1, 0.15) is 18.4 Å². The van der Waals surface area contributed by atoms with E-state index >= 15 is 0 Å². The van der Waals surface area contributed by atoms with Crippen LogP contribution in [0.25, 0.3) is 0 Å². The summed E-state index contributed by atoms with van der Waals surface area (Å²) in [6.45, 7) is 5.69. The van der Waals surface area contributed by atoms with Crippen molar-refractivity contribution in [1.29, 1.82) is 0 Å². The second kappa shape index (κ2) is 9.43. The van der Waals surface area contributed by atoms with Crippen LogP contribution in [-0.2, 0) is 20.9 Å². The first kappa shape index (κ1) is 21.5. The quantitative estimate of drug-likeness (QED) is 0.796. The van der Waals surface area contributed by atoms with E-state index in [0.717, 1.165) is 5.56 Å². The second-order valence-electron chi connectivity index (χ2n) is 7.88. The number of piperidine rings is 1. The molecule has 2 amide bonds. The van der Waals surface area contributed by atoms with E-state index in [0.29, 0.717) is 19.4 Å². The Labute approximate surface area is 164 Å². The van der Waals surface area contributed by atoms with Gasteiger partial charge in [-0.3, -0.25) is 9.69 Å². The Hall–Kier alpha value is -2.77. The Balaban J connectivity index is 2.00. The molecule has 0 unspecified atom stereocenters. The summed E-state index contributed by atoms with van der Waals surface area (Å²) < 4.78 is 10.6. The smallest absolute Gasteiger partial charge is 0.411 e. The molecule has 0 radical (unpaired) electrons. The molecular formula is C20H28N2O6. The molecule has 1 aromatic rings. The lowest BCUT2D eigenvalue weighted by molar-refractivity contribution is -0.138. The van der Waals surface area contributed by atoms with Crippen molar-refractivity contribution in [1.82, 2.24) is 10.2 Å². The molecule has 1 fully saturated rings. The number of hydrogen-bond acceptors (Lipinski definition) is 5. The molecule has 1 saturated heterocycles. The predicted octanol–water partition coefficient (Wildman–Crippen LogP) is 3.36. The van der Waals surface area contributed by atoms with Gasteiger partial charge in [-0.15, -0.1) is 0 Å². The van der Waals surface area contributed by atoms with E-state index in [1.165, 1.54) is 4.90 Å². The molecule has 28 heavy (non-hydrogen) atoms. The molecule has 0 saturated carbocycles. The highest BCUT2D eigenvalue weighted by Gasteiger charge is 2.36. The lowest BCUT2D eigenvalue weighted by Gasteiger charge is -2.39. The molecular weight excluding hydrogens is 364 g/mol. The van der Waals surface area contributed by atoms with Gasteiger partial charge in [-0.25, -0.2) is 9.59 Å². The van der Waals surface area contributed by atoms with Crippen molar-refractivity contribution >= 4 is 18.2 Å². The minimum Gasteiger partial charge on any atom is -0.481 e. The number of carbonyl (C=O) groups is 3. The Morgan fingerprint density at radius 1 is 1.21 bits per heavy atom. The van der Waals surface area contributed by atoms with Crippen LogP contribution in [0.4, 0.5) is 9.59 Å². The predicted molar refractivity (Wildman–Crippen MR) is 101 cm³/mol. The van der Waals surface area contributed by atoms with Crippen molar-refractivity contribution in [2.24, 2.45) is 5.92 Å². The van der Waals surface area contributed by atoms with Gasteiger partial charge in [0.15, 0.2) is 0 Å². The third kappa shape index (κ3) is 7.09. The van der Waals surface area contributed by atoms with E-state index in [9.17, 15) is 14.4 Å². The third-order valence-electron chi connectivity index (χ3n) is 4.30. The number of alkyl carbamates (subject to hydrolysis) is 1. The molecule has 0 aliphatic carbocycles. The van der Waals surface area contributed by atoms with Gasteiger partial charge >= 0.3 is 18.2 Å². The summed E-state index contributed by atoms with van der Waals surface area (Å²) in [7, 11) is 0. The maximum absolute atomic E-state index is 12.5. The number of rotatable bonds is 5. The molecule has 2 rings (SSSR count).